The first-order chi connectivity index (χ1) is 11.1. The summed E-state index contributed by atoms with van der Waals surface area (Å²) in [6.45, 7) is 1.06. The molecule has 2 atom stereocenters. The summed E-state index contributed by atoms with van der Waals surface area (Å²) in [6.07, 6.45) is 0. The van der Waals surface area contributed by atoms with Crippen LogP contribution in [-0.2, 0) is 14.8 Å². The highest BCUT2D eigenvalue weighted by Crippen LogP contribution is 2.28. The van der Waals surface area contributed by atoms with Crippen LogP contribution in [0, 0.1) is 0 Å². The summed E-state index contributed by atoms with van der Waals surface area (Å²) in [5.41, 5.74) is 2.91. The van der Waals surface area contributed by atoms with Gasteiger partial charge >= 0.3 is 0 Å². The zero-order chi connectivity index (χ0) is 16.1. The van der Waals surface area contributed by atoms with Gasteiger partial charge in [0.15, 0.2) is 0 Å². The third-order valence-electron chi connectivity index (χ3n) is 3.49. The molecule has 1 saturated heterocycles. The smallest absolute Gasteiger partial charge is 0.253 e. The maximum Gasteiger partial charge on any atom is 0.253 e. The minimum atomic E-state index is -3.57. The van der Waals surface area contributed by atoms with Crippen LogP contribution < -0.4 is 10.3 Å². The van der Waals surface area contributed by atoms with Crippen LogP contribution in [0.1, 0.15) is 0 Å². The monoisotopic (exact) mass is 350 g/mol. The number of sulfonamides is 1. The molecule has 1 heterocycles. The fraction of sp³-hybridized carbons (Fsp3) is 0.250. The van der Waals surface area contributed by atoms with Crippen LogP contribution in [0.3, 0.4) is 0 Å². The Kier molecular flexibility index (Phi) is 5.34. The van der Waals surface area contributed by atoms with Crippen molar-refractivity contribution in [2.75, 3.05) is 13.2 Å². The number of hydrazine groups is 1. The molecule has 0 aromatic heterocycles. The SMILES string of the molecule is O=S(=O)(NNC1COCC1Sc1ccccc1)c1ccccc1. The van der Waals surface area contributed by atoms with E-state index in [1.54, 1.807) is 42.1 Å². The molecule has 5 nitrogen and oxygen atoms in total. The Morgan fingerprint density at radius 2 is 1.61 bits per heavy atom. The first-order valence-electron chi connectivity index (χ1n) is 7.27. The van der Waals surface area contributed by atoms with Crippen molar-refractivity contribution in [2.24, 2.45) is 0 Å². The van der Waals surface area contributed by atoms with Gasteiger partial charge in [0, 0.05) is 4.90 Å². The van der Waals surface area contributed by atoms with Gasteiger partial charge in [0.1, 0.15) is 0 Å². The summed E-state index contributed by atoms with van der Waals surface area (Å²) in [5.74, 6) is 0. The van der Waals surface area contributed by atoms with Crippen LogP contribution in [0.4, 0.5) is 0 Å². The lowest BCUT2D eigenvalue weighted by Crippen LogP contribution is -2.48. The quantitative estimate of drug-likeness (QED) is 0.781. The van der Waals surface area contributed by atoms with Crippen LogP contribution >= 0.6 is 11.8 Å². The van der Waals surface area contributed by atoms with E-state index in [1.807, 2.05) is 30.3 Å². The van der Waals surface area contributed by atoms with Gasteiger partial charge in [-0.1, -0.05) is 36.4 Å². The predicted molar refractivity (Wildman–Crippen MR) is 90.6 cm³/mol. The zero-order valence-corrected chi connectivity index (χ0v) is 14.0. The van der Waals surface area contributed by atoms with Gasteiger partial charge in [-0.25, -0.2) is 13.8 Å². The average molecular weight is 350 g/mol. The number of rotatable bonds is 6. The molecule has 1 aliphatic rings. The summed E-state index contributed by atoms with van der Waals surface area (Å²) >= 11 is 1.68. The number of thioether (sulfide) groups is 1. The van der Waals surface area contributed by atoms with Gasteiger partial charge in [-0.3, -0.25) is 0 Å². The highest BCUT2D eigenvalue weighted by atomic mass is 32.2. The molecule has 23 heavy (non-hydrogen) atoms. The van der Waals surface area contributed by atoms with Crippen molar-refractivity contribution >= 4 is 21.8 Å². The van der Waals surface area contributed by atoms with Crippen LogP contribution in [0.15, 0.2) is 70.5 Å². The van der Waals surface area contributed by atoms with Gasteiger partial charge < -0.3 is 4.74 Å². The van der Waals surface area contributed by atoms with E-state index in [1.165, 1.54) is 0 Å². The molecule has 0 saturated carbocycles. The zero-order valence-electron chi connectivity index (χ0n) is 12.4. The third-order valence-corrected chi connectivity index (χ3v) is 6.08. The van der Waals surface area contributed by atoms with Crippen molar-refractivity contribution in [1.29, 1.82) is 0 Å². The maximum absolute atomic E-state index is 12.2. The second-order valence-electron chi connectivity index (χ2n) is 5.18. The molecular weight excluding hydrogens is 332 g/mol. The van der Waals surface area contributed by atoms with Crippen molar-refractivity contribution in [2.45, 2.75) is 21.1 Å². The highest BCUT2D eigenvalue weighted by Gasteiger charge is 2.30. The first kappa shape index (κ1) is 16.5. The molecule has 2 aromatic rings. The lowest BCUT2D eigenvalue weighted by atomic mass is 10.3. The van der Waals surface area contributed by atoms with E-state index in [0.717, 1.165) is 4.90 Å². The maximum atomic E-state index is 12.2. The van der Waals surface area contributed by atoms with Crippen molar-refractivity contribution in [3.05, 3.63) is 60.7 Å². The number of hydrogen-bond donors (Lipinski definition) is 2. The van der Waals surface area contributed by atoms with Crippen molar-refractivity contribution in [3.8, 4) is 0 Å². The normalized spacial score (nSPS) is 21.4. The lowest BCUT2D eigenvalue weighted by molar-refractivity contribution is 0.189. The second kappa shape index (κ2) is 7.46. The van der Waals surface area contributed by atoms with E-state index in [4.69, 9.17) is 4.74 Å². The molecule has 7 heteroatoms. The molecule has 2 N–H and O–H groups in total. The highest BCUT2D eigenvalue weighted by molar-refractivity contribution is 8.00. The fourth-order valence-electron chi connectivity index (χ4n) is 2.27. The Bertz CT molecular complexity index is 724. The van der Waals surface area contributed by atoms with Gasteiger partial charge in [-0.15, -0.1) is 16.6 Å². The molecule has 0 spiro atoms. The molecule has 3 rings (SSSR count). The van der Waals surface area contributed by atoms with Gasteiger partial charge in [-0.05, 0) is 24.3 Å². The minimum Gasteiger partial charge on any atom is -0.379 e. The van der Waals surface area contributed by atoms with Crippen LogP contribution in [0.25, 0.3) is 0 Å². The Balaban J connectivity index is 1.61. The van der Waals surface area contributed by atoms with Gasteiger partial charge in [-0.2, -0.15) is 0 Å². The number of nitrogens with one attached hydrogen (secondary N) is 2. The molecule has 0 aliphatic carbocycles. The predicted octanol–water partition coefficient (Wildman–Crippen LogP) is 2.03. The third kappa shape index (κ3) is 4.33. The van der Waals surface area contributed by atoms with Crippen LogP contribution in [-0.4, -0.2) is 32.9 Å². The molecule has 0 amide bonds. The minimum absolute atomic E-state index is 0.0845. The van der Waals surface area contributed by atoms with E-state index < -0.39 is 10.0 Å². The fourth-order valence-corrected chi connectivity index (χ4v) is 4.35. The Labute approximate surface area is 140 Å². The largest absolute Gasteiger partial charge is 0.379 e. The van der Waals surface area contributed by atoms with Crippen molar-refractivity contribution in [3.63, 3.8) is 0 Å². The standard InChI is InChI=1S/C16H18N2O3S2/c19-23(20,14-9-5-2-6-10-14)18-17-15-11-21-12-16(15)22-13-7-3-1-4-8-13/h1-10,15-18H,11-12H2. The summed E-state index contributed by atoms with van der Waals surface area (Å²) in [7, 11) is -3.57. The van der Waals surface area contributed by atoms with Gasteiger partial charge in [0.2, 0.25) is 0 Å². The van der Waals surface area contributed by atoms with Crippen LogP contribution in [0.2, 0.25) is 0 Å². The summed E-state index contributed by atoms with van der Waals surface area (Å²) < 4.78 is 30.0. The van der Waals surface area contributed by atoms with E-state index in [0.29, 0.717) is 13.2 Å². The first-order valence-corrected chi connectivity index (χ1v) is 9.63. The summed E-state index contributed by atoms with van der Waals surface area (Å²) in [5, 5.41) is 0.149. The molecule has 1 aliphatic heterocycles. The second-order valence-corrected chi connectivity index (χ2v) is 8.17. The van der Waals surface area contributed by atoms with E-state index in [-0.39, 0.29) is 16.2 Å². The van der Waals surface area contributed by atoms with Crippen molar-refractivity contribution in [1.82, 2.24) is 10.3 Å². The Morgan fingerprint density at radius 1 is 0.957 bits per heavy atom. The van der Waals surface area contributed by atoms with Gasteiger partial charge in [0.05, 0.1) is 29.4 Å². The Hall–Kier alpha value is -1.38. The van der Waals surface area contributed by atoms with E-state index >= 15 is 0 Å². The van der Waals surface area contributed by atoms with Crippen LogP contribution in [0.5, 0.6) is 0 Å². The molecular formula is C16H18N2O3S2. The van der Waals surface area contributed by atoms with Gasteiger partial charge in [0.25, 0.3) is 10.0 Å². The average Bonchev–Trinajstić information content (AvgIpc) is 3.02. The molecule has 2 unspecified atom stereocenters. The van der Waals surface area contributed by atoms with Crippen molar-refractivity contribution < 1.29 is 13.2 Å². The summed E-state index contributed by atoms with van der Waals surface area (Å²) in [4.78, 5) is 3.84. The molecule has 0 bridgehead atoms. The van der Waals surface area contributed by atoms with E-state index in [9.17, 15) is 8.42 Å². The molecule has 122 valence electrons. The molecule has 0 radical (unpaired) electrons. The number of benzene rings is 2. The topological polar surface area (TPSA) is 67.4 Å². The number of ether oxygens (including phenoxy) is 1. The summed E-state index contributed by atoms with van der Waals surface area (Å²) in [6, 6.07) is 18.2. The lowest BCUT2D eigenvalue weighted by Gasteiger charge is -2.19. The Morgan fingerprint density at radius 3 is 2.30 bits per heavy atom. The number of hydrogen-bond acceptors (Lipinski definition) is 5. The van der Waals surface area contributed by atoms with E-state index in [2.05, 4.69) is 10.3 Å². The molecule has 2 aromatic carbocycles. The molecule has 1 fully saturated rings.